The summed E-state index contributed by atoms with van der Waals surface area (Å²) in [7, 11) is 0. The van der Waals surface area contributed by atoms with E-state index in [9.17, 15) is 4.79 Å². The summed E-state index contributed by atoms with van der Waals surface area (Å²) in [6, 6.07) is 6.04. The largest absolute Gasteiger partial charge is 0.487 e. The molecule has 3 aliphatic rings. The Balaban J connectivity index is 1.51. The summed E-state index contributed by atoms with van der Waals surface area (Å²) < 4.78 is 13.1. The van der Waals surface area contributed by atoms with Crippen LogP contribution in [0.5, 0.6) is 5.75 Å². The third-order valence-corrected chi connectivity index (χ3v) is 7.00. The molecule has 0 bridgehead atoms. The van der Waals surface area contributed by atoms with Gasteiger partial charge in [0.2, 0.25) is 5.91 Å². The van der Waals surface area contributed by atoms with E-state index in [0.717, 1.165) is 38.1 Å². The number of hydrogen-bond donors (Lipinski definition) is 1. The lowest BCUT2D eigenvalue weighted by atomic mass is 9.70. The molecule has 2 saturated heterocycles. The number of hydrogen-bond acceptors (Lipinski definition) is 4. The average molecular weight is 401 g/mol. The van der Waals surface area contributed by atoms with E-state index in [1.165, 1.54) is 11.1 Å². The molecule has 3 heterocycles. The van der Waals surface area contributed by atoms with Gasteiger partial charge in [0.25, 0.3) is 0 Å². The number of carbonyl (C=O) groups excluding carboxylic acids is 1. The van der Waals surface area contributed by atoms with Crippen molar-refractivity contribution in [2.75, 3.05) is 13.1 Å². The first-order valence-electron chi connectivity index (χ1n) is 11.1. The van der Waals surface area contributed by atoms with Gasteiger partial charge in [-0.05, 0) is 57.6 Å². The maximum atomic E-state index is 12.8. The van der Waals surface area contributed by atoms with Crippen LogP contribution in [0.1, 0.15) is 64.2 Å². The van der Waals surface area contributed by atoms with E-state index >= 15 is 0 Å². The molecule has 1 aromatic carbocycles. The Labute approximate surface area is 174 Å². The normalized spacial score (nSPS) is 31.3. The first-order chi connectivity index (χ1) is 13.7. The number of ether oxygens (including phenoxy) is 2. The van der Waals surface area contributed by atoms with Crippen LogP contribution < -0.4 is 10.5 Å². The Morgan fingerprint density at radius 1 is 1.34 bits per heavy atom. The highest BCUT2D eigenvalue weighted by molar-refractivity contribution is 5.81. The van der Waals surface area contributed by atoms with Crippen LogP contribution in [0.4, 0.5) is 0 Å². The number of carbonyl (C=O) groups is 1. The molecule has 0 saturated carbocycles. The molecule has 1 aromatic rings. The maximum Gasteiger partial charge on any atom is 0.239 e. The second-order valence-electron chi connectivity index (χ2n) is 10.3. The van der Waals surface area contributed by atoms with Crippen molar-refractivity contribution in [3.63, 3.8) is 0 Å². The number of nitrogens with zero attached hydrogens (tertiary/aromatic N) is 1. The molecule has 0 unspecified atom stereocenters. The van der Waals surface area contributed by atoms with Gasteiger partial charge in [0.15, 0.2) is 0 Å². The zero-order valence-corrected chi connectivity index (χ0v) is 18.5. The standard InChI is InChI=1S/C24H36N2O3/c1-14(2)10-19(25)23(27)26-9-8-20-16(13-26)12-18-22(28-20)17-7-6-15(3)11-21(17)29-24(18,4)5/h6-7,11,14,16,18-20,22H,8-10,12-13,25H2,1-5H3/t16-,18+,19-,20+,22-/m0/s1. The van der Waals surface area contributed by atoms with Gasteiger partial charge in [0, 0.05) is 30.5 Å². The third-order valence-electron chi connectivity index (χ3n) is 7.00. The minimum Gasteiger partial charge on any atom is -0.487 e. The highest BCUT2D eigenvalue weighted by Gasteiger charge is 2.51. The summed E-state index contributed by atoms with van der Waals surface area (Å²) in [5.41, 5.74) is 8.28. The predicted octanol–water partition coefficient (Wildman–Crippen LogP) is 3.83. The molecule has 5 heteroatoms. The number of amides is 1. The fourth-order valence-corrected chi connectivity index (χ4v) is 5.45. The number of benzene rings is 1. The Morgan fingerprint density at radius 2 is 2.10 bits per heavy atom. The van der Waals surface area contributed by atoms with E-state index < -0.39 is 6.04 Å². The van der Waals surface area contributed by atoms with Crippen molar-refractivity contribution in [1.82, 2.24) is 4.90 Å². The highest BCUT2D eigenvalue weighted by Crippen LogP contribution is 2.53. The molecule has 0 radical (unpaired) electrons. The van der Waals surface area contributed by atoms with Crippen LogP contribution in [-0.2, 0) is 9.53 Å². The quantitative estimate of drug-likeness (QED) is 0.837. The number of nitrogens with two attached hydrogens (primary N) is 1. The smallest absolute Gasteiger partial charge is 0.239 e. The molecule has 2 N–H and O–H groups in total. The van der Waals surface area contributed by atoms with Crippen LogP contribution in [-0.4, -0.2) is 41.6 Å². The molecule has 2 fully saturated rings. The summed E-state index contributed by atoms with van der Waals surface area (Å²) in [6.07, 6.45) is 2.91. The summed E-state index contributed by atoms with van der Waals surface area (Å²) in [5, 5.41) is 0. The maximum absolute atomic E-state index is 12.8. The zero-order chi connectivity index (χ0) is 20.9. The summed E-state index contributed by atoms with van der Waals surface area (Å²) >= 11 is 0. The van der Waals surface area contributed by atoms with Crippen LogP contribution in [0.3, 0.4) is 0 Å². The lowest BCUT2D eigenvalue weighted by Gasteiger charge is -2.53. The summed E-state index contributed by atoms with van der Waals surface area (Å²) in [6.45, 7) is 12.1. The molecule has 29 heavy (non-hydrogen) atoms. The van der Waals surface area contributed by atoms with Crippen molar-refractivity contribution >= 4 is 5.91 Å². The molecule has 4 rings (SSSR count). The van der Waals surface area contributed by atoms with Crippen LogP contribution in [0, 0.1) is 24.7 Å². The number of aryl methyl sites for hydroxylation is 1. The minimum atomic E-state index is -0.395. The van der Waals surface area contributed by atoms with Gasteiger partial charge in [-0.1, -0.05) is 26.0 Å². The summed E-state index contributed by atoms with van der Waals surface area (Å²) in [5.74, 6) is 2.10. The zero-order valence-electron chi connectivity index (χ0n) is 18.5. The number of rotatable bonds is 3. The first kappa shape index (κ1) is 20.7. The van der Waals surface area contributed by atoms with Crippen LogP contribution in [0.15, 0.2) is 18.2 Å². The van der Waals surface area contributed by atoms with E-state index in [2.05, 4.69) is 52.8 Å². The second-order valence-corrected chi connectivity index (χ2v) is 10.3. The van der Waals surface area contributed by atoms with Crippen LogP contribution >= 0.6 is 0 Å². The minimum absolute atomic E-state index is 0.0704. The van der Waals surface area contributed by atoms with Gasteiger partial charge in [-0.3, -0.25) is 4.79 Å². The van der Waals surface area contributed by atoms with Gasteiger partial charge in [0.05, 0.1) is 18.2 Å². The number of fused-ring (bicyclic) bond motifs is 4. The Kier molecular flexibility index (Phi) is 5.41. The van der Waals surface area contributed by atoms with Crippen LogP contribution in [0.2, 0.25) is 0 Å². The van der Waals surface area contributed by atoms with Crippen molar-refractivity contribution in [3.05, 3.63) is 29.3 Å². The van der Waals surface area contributed by atoms with Crippen molar-refractivity contribution in [2.45, 2.75) is 77.7 Å². The molecule has 0 spiro atoms. The molecule has 1 amide bonds. The van der Waals surface area contributed by atoms with Gasteiger partial charge < -0.3 is 20.1 Å². The Morgan fingerprint density at radius 3 is 2.83 bits per heavy atom. The van der Waals surface area contributed by atoms with E-state index in [1.54, 1.807) is 0 Å². The van der Waals surface area contributed by atoms with Crippen molar-refractivity contribution < 1.29 is 14.3 Å². The molecule has 5 atom stereocenters. The predicted molar refractivity (Wildman–Crippen MR) is 114 cm³/mol. The van der Waals surface area contributed by atoms with Gasteiger partial charge in [0.1, 0.15) is 11.4 Å². The highest BCUT2D eigenvalue weighted by atomic mass is 16.5. The van der Waals surface area contributed by atoms with Gasteiger partial charge in [-0.2, -0.15) is 0 Å². The second kappa shape index (κ2) is 7.59. The molecule has 5 nitrogen and oxygen atoms in total. The molecule has 160 valence electrons. The SMILES string of the molecule is Cc1ccc2c(c1)OC(C)(C)[C@@H]1C[C@H]3CN(C(=O)[C@@H](N)CC(C)C)CC[C@H]3O[C@@H]21. The molecular formula is C24H36N2O3. The van der Waals surface area contributed by atoms with Gasteiger partial charge in [-0.25, -0.2) is 0 Å². The molecule has 3 aliphatic heterocycles. The van der Waals surface area contributed by atoms with Crippen molar-refractivity contribution in [3.8, 4) is 5.75 Å². The summed E-state index contributed by atoms with van der Waals surface area (Å²) in [4.78, 5) is 14.8. The van der Waals surface area contributed by atoms with Crippen LogP contribution in [0.25, 0.3) is 0 Å². The first-order valence-corrected chi connectivity index (χ1v) is 11.1. The fraction of sp³-hybridized carbons (Fsp3) is 0.708. The number of likely N-dealkylation sites (tertiary alicyclic amines) is 1. The fourth-order valence-electron chi connectivity index (χ4n) is 5.45. The lowest BCUT2D eigenvalue weighted by molar-refractivity contribution is -0.189. The van der Waals surface area contributed by atoms with E-state index in [0.29, 0.717) is 11.8 Å². The molecule has 0 aliphatic carbocycles. The topological polar surface area (TPSA) is 64.8 Å². The van der Waals surface area contributed by atoms with Crippen molar-refractivity contribution in [2.24, 2.45) is 23.5 Å². The molecular weight excluding hydrogens is 364 g/mol. The van der Waals surface area contributed by atoms with E-state index in [1.807, 2.05) is 4.90 Å². The molecule has 0 aromatic heterocycles. The lowest BCUT2D eigenvalue weighted by Crippen LogP contribution is -2.57. The number of piperidine rings is 1. The Bertz CT molecular complexity index is 775. The van der Waals surface area contributed by atoms with Crippen molar-refractivity contribution in [1.29, 1.82) is 0 Å². The monoisotopic (exact) mass is 400 g/mol. The van der Waals surface area contributed by atoms with Gasteiger partial charge in [-0.15, -0.1) is 0 Å². The van der Waals surface area contributed by atoms with E-state index in [-0.39, 0.29) is 29.6 Å². The average Bonchev–Trinajstić information content (AvgIpc) is 2.64. The third kappa shape index (κ3) is 3.91. The Hall–Kier alpha value is -1.59. The van der Waals surface area contributed by atoms with E-state index in [4.69, 9.17) is 15.2 Å². The van der Waals surface area contributed by atoms with Gasteiger partial charge >= 0.3 is 0 Å².